The van der Waals surface area contributed by atoms with E-state index in [9.17, 15) is 34.2 Å². The van der Waals surface area contributed by atoms with Crippen molar-refractivity contribution in [2.24, 2.45) is 50.2 Å². The van der Waals surface area contributed by atoms with Crippen LogP contribution in [0.2, 0.25) is 0 Å². The minimum atomic E-state index is -1.11. The van der Waals surface area contributed by atoms with E-state index in [2.05, 4.69) is 40.7 Å². The molecule has 4 fully saturated rings. The summed E-state index contributed by atoms with van der Waals surface area (Å²) in [7, 11) is 0. The summed E-state index contributed by atoms with van der Waals surface area (Å²) in [5.41, 5.74) is -0.712. The molecule has 9 atom stereocenters. The Morgan fingerprint density at radius 3 is 1.90 bits per heavy atom. The fourth-order valence-electron chi connectivity index (χ4n) is 11.9. The fourth-order valence-corrected chi connectivity index (χ4v) is 11.9. The Kier molecular flexibility index (Phi) is 9.21. The number of hydrogen-bond acceptors (Lipinski definition) is 7. The van der Waals surface area contributed by atoms with Gasteiger partial charge in [0.15, 0.2) is 0 Å². The van der Waals surface area contributed by atoms with Gasteiger partial charge in [0.05, 0.1) is 31.1 Å². The summed E-state index contributed by atoms with van der Waals surface area (Å²) in [6.45, 7) is 15.7. The van der Waals surface area contributed by atoms with Gasteiger partial charge in [-0.2, -0.15) is 0 Å². The molecular formula is C38H56O10. The molecule has 0 aromatic rings. The first-order valence-corrected chi connectivity index (χ1v) is 17.9. The zero-order valence-electron chi connectivity index (χ0n) is 29.9. The molecule has 0 aliphatic heterocycles. The molecule has 0 bridgehead atoms. The van der Waals surface area contributed by atoms with Crippen LogP contribution in [-0.4, -0.2) is 57.4 Å². The average molecular weight is 673 g/mol. The number of aliphatic carboxylic acids is 3. The van der Waals surface area contributed by atoms with Crippen LogP contribution in [-0.2, 0) is 33.4 Å². The molecule has 0 amide bonds. The van der Waals surface area contributed by atoms with Crippen LogP contribution < -0.4 is 0 Å². The molecule has 0 heterocycles. The largest absolute Gasteiger partial charge is 0.481 e. The van der Waals surface area contributed by atoms with E-state index in [0.717, 1.165) is 38.5 Å². The maximum Gasteiger partial charge on any atom is 0.310 e. The highest BCUT2D eigenvalue weighted by Crippen LogP contribution is 2.76. The molecule has 0 aromatic heterocycles. The molecule has 5 rings (SSSR count). The standard InChI is InChI=1S/C38H56O10/c1-33(2)16-18-38(32(45)46)19-17-36(6)22(23(38)20-33)8-9-26-35(5)21-24(47-29(43)12-10-27(39)40)31(48-30(44)13-11-28(41)42)34(3,4)25(35)14-15-37(26,36)7/h8,23-26,31H,9-21H2,1-7H3,(H,39,40)(H,41,42)(H,45,46)/t23-,24+,25-,26+,31-,35-,36+,37+,38-/m0/s1. The Morgan fingerprint density at radius 2 is 1.31 bits per heavy atom. The van der Waals surface area contributed by atoms with Gasteiger partial charge in [0.2, 0.25) is 0 Å². The number of carbonyl (C=O) groups excluding carboxylic acids is 2. The molecule has 10 heteroatoms. The minimum absolute atomic E-state index is 0.0128. The van der Waals surface area contributed by atoms with Gasteiger partial charge in [-0.05, 0) is 97.2 Å². The number of ether oxygens (including phenoxy) is 2. The Balaban J connectivity index is 1.53. The Morgan fingerprint density at radius 1 is 0.729 bits per heavy atom. The van der Waals surface area contributed by atoms with Crippen molar-refractivity contribution in [2.75, 3.05) is 0 Å². The van der Waals surface area contributed by atoms with Gasteiger partial charge in [0.25, 0.3) is 0 Å². The summed E-state index contributed by atoms with van der Waals surface area (Å²) in [5, 5.41) is 29.0. The molecule has 268 valence electrons. The lowest BCUT2D eigenvalue weighted by Crippen LogP contribution is -2.67. The summed E-state index contributed by atoms with van der Waals surface area (Å²) < 4.78 is 12.0. The lowest BCUT2D eigenvalue weighted by atomic mass is 9.33. The minimum Gasteiger partial charge on any atom is -0.481 e. The van der Waals surface area contributed by atoms with Crippen LogP contribution in [0, 0.1) is 50.2 Å². The molecule has 0 radical (unpaired) electrons. The van der Waals surface area contributed by atoms with Crippen LogP contribution in [0.3, 0.4) is 0 Å². The summed E-state index contributed by atoms with van der Waals surface area (Å²) in [6.07, 6.45) is 6.27. The highest BCUT2D eigenvalue weighted by atomic mass is 16.6. The molecule has 0 unspecified atom stereocenters. The third-order valence-corrected chi connectivity index (χ3v) is 14.6. The molecule has 48 heavy (non-hydrogen) atoms. The van der Waals surface area contributed by atoms with E-state index in [1.54, 1.807) is 0 Å². The third kappa shape index (κ3) is 5.76. The number of fused-ring (bicyclic) bond motifs is 7. The lowest BCUT2D eigenvalue weighted by molar-refractivity contribution is -0.245. The van der Waals surface area contributed by atoms with E-state index in [4.69, 9.17) is 14.6 Å². The van der Waals surface area contributed by atoms with Crippen molar-refractivity contribution in [1.29, 1.82) is 0 Å². The van der Waals surface area contributed by atoms with Crippen molar-refractivity contribution in [3.8, 4) is 0 Å². The predicted octanol–water partition coefficient (Wildman–Crippen LogP) is 7.04. The maximum absolute atomic E-state index is 13.0. The van der Waals surface area contributed by atoms with Crippen LogP contribution in [0.5, 0.6) is 0 Å². The average Bonchev–Trinajstić information content (AvgIpc) is 2.96. The van der Waals surface area contributed by atoms with Crippen molar-refractivity contribution in [3.63, 3.8) is 0 Å². The predicted molar refractivity (Wildman–Crippen MR) is 176 cm³/mol. The quantitative estimate of drug-likeness (QED) is 0.171. The number of allylic oxidation sites excluding steroid dienone is 2. The first-order chi connectivity index (χ1) is 22.1. The van der Waals surface area contributed by atoms with E-state index in [-0.39, 0.29) is 65.1 Å². The van der Waals surface area contributed by atoms with E-state index in [0.29, 0.717) is 19.3 Å². The number of esters is 2. The molecule has 0 saturated heterocycles. The van der Waals surface area contributed by atoms with Crippen molar-refractivity contribution in [2.45, 2.75) is 144 Å². The maximum atomic E-state index is 13.0. The second-order valence-electron chi connectivity index (χ2n) is 17.9. The molecule has 0 spiro atoms. The van der Waals surface area contributed by atoms with E-state index < -0.39 is 52.9 Å². The second-order valence-corrected chi connectivity index (χ2v) is 17.9. The van der Waals surface area contributed by atoms with Crippen LogP contribution in [0.25, 0.3) is 0 Å². The van der Waals surface area contributed by atoms with E-state index in [1.165, 1.54) is 5.57 Å². The number of carboxylic acid groups (broad SMARTS) is 3. The van der Waals surface area contributed by atoms with Crippen molar-refractivity contribution in [1.82, 2.24) is 0 Å². The van der Waals surface area contributed by atoms with Gasteiger partial charge in [-0.15, -0.1) is 0 Å². The van der Waals surface area contributed by atoms with Gasteiger partial charge in [-0.3, -0.25) is 24.0 Å². The number of carboxylic acids is 3. The first-order valence-electron chi connectivity index (χ1n) is 17.9. The van der Waals surface area contributed by atoms with Gasteiger partial charge < -0.3 is 24.8 Å². The number of rotatable bonds is 9. The molecule has 4 saturated carbocycles. The summed E-state index contributed by atoms with van der Waals surface area (Å²) in [4.78, 5) is 61.4. The molecule has 3 N–H and O–H groups in total. The van der Waals surface area contributed by atoms with Crippen LogP contribution in [0.15, 0.2) is 11.6 Å². The molecule has 0 aromatic carbocycles. The van der Waals surface area contributed by atoms with Gasteiger partial charge in [-0.25, -0.2) is 0 Å². The second kappa shape index (κ2) is 12.1. The van der Waals surface area contributed by atoms with Crippen molar-refractivity contribution >= 4 is 29.8 Å². The SMILES string of the molecule is CC1(C)CC[C@]2(C(=O)O)CC[C@]3(C)C(=CC[C@@H]4[C@@]5(C)C[C@@H](OC(=O)CCC(=O)O)[C@H](OC(=O)CCC(=O)O)C(C)(C)[C@@H]5CC[C@]43C)[C@@H]2C1. The topological polar surface area (TPSA) is 164 Å². The Labute approximate surface area is 284 Å². The lowest BCUT2D eigenvalue weighted by Gasteiger charge is -2.71. The van der Waals surface area contributed by atoms with E-state index >= 15 is 0 Å². The summed E-state index contributed by atoms with van der Waals surface area (Å²) in [6, 6.07) is 0. The highest BCUT2D eigenvalue weighted by molar-refractivity contribution is 5.78. The number of carbonyl (C=O) groups is 5. The van der Waals surface area contributed by atoms with Crippen LogP contribution in [0.1, 0.15) is 132 Å². The first kappa shape index (κ1) is 36.4. The summed E-state index contributed by atoms with van der Waals surface area (Å²) >= 11 is 0. The zero-order valence-corrected chi connectivity index (χ0v) is 29.9. The Hall–Kier alpha value is -2.91. The molecular weight excluding hydrogens is 616 g/mol. The highest BCUT2D eigenvalue weighted by Gasteiger charge is 2.71. The Bertz CT molecular complexity index is 1400. The zero-order chi connectivity index (χ0) is 35.7. The molecule has 5 aliphatic carbocycles. The van der Waals surface area contributed by atoms with Gasteiger partial charge in [-0.1, -0.05) is 60.1 Å². The van der Waals surface area contributed by atoms with Crippen molar-refractivity contribution in [3.05, 3.63) is 11.6 Å². The van der Waals surface area contributed by atoms with Crippen LogP contribution in [0.4, 0.5) is 0 Å². The molecule has 5 aliphatic rings. The van der Waals surface area contributed by atoms with Gasteiger partial charge in [0, 0.05) is 5.41 Å². The number of hydrogen-bond donors (Lipinski definition) is 3. The smallest absolute Gasteiger partial charge is 0.310 e. The van der Waals surface area contributed by atoms with Crippen molar-refractivity contribution < 1.29 is 48.8 Å². The van der Waals surface area contributed by atoms with E-state index in [1.807, 2.05) is 13.8 Å². The molecule has 10 nitrogen and oxygen atoms in total. The monoisotopic (exact) mass is 672 g/mol. The normalized spacial score (nSPS) is 40.8. The van der Waals surface area contributed by atoms with Gasteiger partial charge >= 0.3 is 29.8 Å². The fraction of sp³-hybridized carbons (Fsp3) is 0.816. The van der Waals surface area contributed by atoms with Gasteiger partial charge in [0.1, 0.15) is 12.2 Å². The third-order valence-electron chi connectivity index (χ3n) is 14.6. The summed E-state index contributed by atoms with van der Waals surface area (Å²) in [5.74, 6) is -3.97. The van der Waals surface area contributed by atoms with Crippen LogP contribution >= 0.6 is 0 Å².